The van der Waals surface area contributed by atoms with Crippen LogP contribution < -0.4 is 4.74 Å². The van der Waals surface area contributed by atoms with Crippen molar-refractivity contribution >= 4 is 5.57 Å². The van der Waals surface area contributed by atoms with Gasteiger partial charge in [0.25, 0.3) is 0 Å². The molecular weight excluding hydrogens is 184 g/mol. The molecule has 0 saturated heterocycles. The molecule has 0 fully saturated rings. The van der Waals surface area contributed by atoms with Gasteiger partial charge in [-0.2, -0.15) is 0 Å². The van der Waals surface area contributed by atoms with E-state index in [1.54, 1.807) is 0 Å². The minimum absolute atomic E-state index is 0.745. The third kappa shape index (κ3) is 2.06. The van der Waals surface area contributed by atoms with E-state index in [0.717, 1.165) is 25.2 Å². The van der Waals surface area contributed by atoms with Gasteiger partial charge >= 0.3 is 0 Å². The molecule has 80 valence electrons. The topological polar surface area (TPSA) is 9.23 Å². The van der Waals surface area contributed by atoms with Gasteiger partial charge < -0.3 is 4.74 Å². The van der Waals surface area contributed by atoms with Crippen LogP contribution in [0, 0.1) is 0 Å². The minimum atomic E-state index is 0.745. The predicted octanol–water partition coefficient (Wildman–Crippen LogP) is 3.82. The Labute approximate surface area is 91.8 Å². The van der Waals surface area contributed by atoms with Crippen LogP contribution in [-0.2, 0) is 6.42 Å². The monoisotopic (exact) mass is 202 g/mol. The SMILES string of the molecule is CCOc1ccc2c(c1)CCC=C2CC. The Morgan fingerprint density at radius 1 is 1.27 bits per heavy atom. The molecule has 1 aliphatic rings. The fraction of sp³-hybridized carbons (Fsp3) is 0.429. The zero-order chi connectivity index (χ0) is 10.7. The predicted molar refractivity (Wildman–Crippen MR) is 64.2 cm³/mol. The van der Waals surface area contributed by atoms with Gasteiger partial charge in [-0.15, -0.1) is 0 Å². The smallest absolute Gasteiger partial charge is 0.119 e. The van der Waals surface area contributed by atoms with Gasteiger partial charge in [0.15, 0.2) is 0 Å². The summed E-state index contributed by atoms with van der Waals surface area (Å²) in [5.74, 6) is 1.01. The highest BCUT2D eigenvalue weighted by Gasteiger charge is 2.11. The van der Waals surface area contributed by atoms with Crippen molar-refractivity contribution in [2.45, 2.75) is 33.1 Å². The lowest BCUT2D eigenvalue weighted by molar-refractivity contribution is 0.340. The zero-order valence-corrected chi connectivity index (χ0v) is 9.55. The summed E-state index contributed by atoms with van der Waals surface area (Å²) in [4.78, 5) is 0. The van der Waals surface area contributed by atoms with Gasteiger partial charge in [-0.1, -0.05) is 19.1 Å². The van der Waals surface area contributed by atoms with E-state index in [2.05, 4.69) is 31.2 Å². The number of fused-ring (bicyclic) bond motifs is 1. The van der Waals surface area contributed by atoms with Crippen molar-refractivity contribution in [3.8, 4) is 5.75 Å². The number of allylic oxidation sites excluding steroid dienone is 2. The average molecular weight is 202 g/mol. The molecule has 0 radical (unpaired) electrons. The lowest BCUT2D eigenvalue weighted by atomic mass is 9.89. The number of hydrogen-bond donors (Lipinski definition) is 0. The Kier molecular flexibility index (Phi) is 3.10. The highest BCUT2D eigenvalue weighted by atomic mass is 16.5. The van der Waals surface area contributed by atoms with Gasteiger partial charge in [0.2, 0.25) is 0 Å². The summed E-state index contributed by atoms with van der Waals surface area (Å²) >= 11 is 0. The highest BCUT2D eigenvalue weighted by Crippen LogP contribution is 2.31. The molecule has 0 atom stereocenters. The summed E-state index contributed by atoms with van der Waals surface area (Å²) < 4.78 is 5.52. The lowest BCUT2D eigenvalue weighted by Gasteiger charge is -2.17. The van der Waals surface area contributed by atoms with Crippen molar-refractivity contribution in [2.24, 2.45) is 0 Å². The fourth-order valence-corrected chi connectivity index (χ4v) is 2.19. The van der Waals surface area contributed by atoms with Gasteiger partial charge in [-0.3, -0.25) is 0 Å². The molecule has 1 heteroatoms. The van der Waals surface area contributed by atoms with E-state index in [1.807, 2.05) is 6.92 Å². The number of aryl methyl sites for hydroxylation is 1. The first-order valence-corrected chi connectivity index (χ1v) is 5.80. The molecule has 0 spiro atoms. The maximum absolute atomic E-state index is 5.52. The summed E-state index contributed by atoms with van der Waals surface area (Å²) in [5.41, 5.74) is 4.35. The van der Waals surface area contributed by atoms with E-state index in [0.29, 0.717) is 0 Å². The Morgan fingerprint density at radius 2 is 2.13 bits per heavy atom. The first-order chi connectivity index (χ1) is 7.35. The summed E-state index contributed by atoms with van der Waals surface area (Å²) in [5, 5.41) is 0. The number of benzene rings is 1. The quantitative estimate of drug-likeness (QED) is 0.724. The van der Waals surface area contributed by atoms with Crippen LogP contribution in [0.25, 0.3) is 5.57 Å². The zero-order valence-electron chi connectivity index (χ0n) is 9.55. The summed E-state index contributed by atoms with van der Waals surface area (Å²) in [6.07, 6.45) is 5.81. The molecule has 0 unspecified atom stereocenters. The van der Waals surface area contributed by atoms with Gasteiger partial charge in [-0.25, -0.2) is 0 Å². The second kappa shape index (κ2) is 4.52. The van der Waals surface area contributed by atoms with E-state index in [9.17, 15) is 0 Å². The van der Waals surface area contributed by atoms with Gasteiger partial charge in [0, 0.05) is 0 Å². The molecule has 0 N–H and O–H groups in total. The van der Waals surface area contributed by atoms with Crippen LogP contribution >= 0.6 is 0 Å². The van der Waals surface area contributed by atoms with Crippen molar-refractivity contribution in [2.75, 3.05) is 6.61 Å². The molecule has 1 aliphatic carbocycles. The van der Waals surface area contributed by atoms with Crippen molar-refractivity contribution in [1.29, 1.82) is 0 Å². The summed E-state index contributed by atoms with van der Waals surface area (Å²) in [7, 11) is 0. The number of rotatable bonds is 3. The van der Waals surface area contributed by atoms with Crippen molar-refractivity contribution in [3.05, 3.63) is 35.4 Å². The van der Waals surface area contributed by atoms with Crippen molar-refractivity contribution in [1.82, 2.24) is 0 Å². The van der Waals surface area contributed by atoms with E-state index in [1.165, 1.54) is 23.1 Å². The van der Waals surface area contributed by atoms with Crippen LogP contribution in [0.15, 0.2) is 24.3 Å². The van der Waals surface area contributed by atoms with Crippen LogP contribution in [0.2, 0.25) is 0 Å². The first-order valence-electron chi connectivity index (χ1n) is 5.80. The molecule has 15 heavy (non-hydrogen) atoms. The standard InChI is InChI=1S/C14H18O/c1-3-11-6-5-7-12-10-13(15-4-2)8-9-14(11)12/h6,8-10H,3-5,7H2,1-2H3. The van der Waals surface area contributed by atoms with Crippen LogP contribution in [0.5, 0.6) is 5.75 Å². The largest absolute Gasteiger partial charge is 0.494 e. The Hall–Kier alpha value is -1.24. The Morgan fingerprint density at radius 3 is 2.87 bits per heavy atom. The van der Waals surface area contributed by atoms with E-state index >= 15 is 0 Å². The van der Waals surface area contributed by atoms with Gasteiger partial charge in [-0.05, 0) is 55.0 Å². The molecule has 0 aromatic heterocycles. The Balaban J connectivity index is 2.34. The second-order valence-corrected chi connectivity index (χ2v) is 3.87. The molecule has 0 amide bonds. The average Bonchev–Trinajstić information content (AvgIpc) is 2.28. The van der Waals surface area contributed by atoms with Crippen molar-refractivity contribution < 1.29 is 4.74 Å². The van der Waals surface area contributed by atoms with E-state index < -0.39 is 0 Å². The molecular formula is C14H18O. The lowest BCUT2D eigenvalue weighted by Crippen LogP contribution is -2.00. The summed E-state index contributed by atoms with van der Waals surface area (Å²) in [6.45, 7) is 4.99. The van der Waals surface area contributed by atoms with Crippen LogP contribution in [0.1, 0.15) is 37.8 Å². The van der Waals surface area contributed by atoms with Crippen LogP contribution in [0.3, 0.4) is 0 Å². The maximum Gasteiger partial charge on any atom is 0.119 e. The molecule has 0 saturated carbocycles. The molecule has 0 aliphatic heterocycles. The second-order valence-electron chi connectivity index (χ2n) is 3.87. The van der Waals surface area contributed by atoms with Gasteiger partial charge in [0.1, 0.15) is 5.75 Å². The molecule has 1 aromatic carbocycles. The van der Waals surface area contributed by atoms with E-state index in [-0.39, 0.29) is 0 Å². The summed E-state index contributed by atoms with van der Waals surface area (Å²) in [6, 6.07) is 6.48. The molecule has 1 aromatic rings. The minimum Gasteiger partial charge on any atom is -0.494 e. The molecule has 2 rings (SSSR count). The maximum atomic E-state index is 5.52. The number of hydrogen-bond acceptors (Lipinski definition) is 1. The normalized spacial score (nSPS) is 14.4. The number of ether oxygens (including phenoxy) is 1. The molecule has 0 bridgehead atoms. The van der Waals surface area contributed by atoms with Crippen LogP contribution in [0.4, 0.5) is 0 Å². The van der Waals surface area contributed by atoms with Crippen molar-refractivity contribution in [3.63, 3.8) is 0 Å². The van der Waals surface area contributed by atoms with Crippen LogP contribution in [-0.4, -0.2) is 6.61 Å². The molecule has 0 heterocycles. The Bertz CT molecular complexity index is 377. The molecule has 1 nitrogen and oxygen atoms in total. The third-order valence-corrected chi connectivity index (χ3v) is 2.92. The van der Waals surface area contributed by atoms with Gasteiger partial charge in [0.05, 0.1) is 6.61 Å². The van der Waals surface area contributed by atoms with E-state index in [4.69, 9.17) is 4.74 Å². The highest BCUT2D eigenvalue weighted by molar-refractivity contribution is 5.70. The fourth-order valence-electron chi connectivity index (χ4n) is 2.19. The first kappa shape index (κ1) is 10.3. The third-order valence-electron chi connectivity index (χ3n) is 2.92.